The predicted molar refractivity (Wildman–Crippen MR) is 84.4 cm³/mol. The smallest absolute Gasteiger partial charge is 0.339 e. The molecule has 2 aromatic rings. The van der Waals surface area contributed by atoms with Gasteiger partial charge in [-0.15, -0.1) is 0 Å². The molecule has 0 aromatic heterocycles. The van der Waals surface area contributed by atoms with E-state index in [0.29, 0.717) is 5.56 Å². The van der Waals surface area contributed by atoms with Crippen molar-refractivity contribution in [2.45, 2.75) is 23.6 Å². The van der Waals surface area contributed by atoms with Crippen molar-refractivity contribution in [2.24, 2.45) is 0 Å². The number of methoxy groups -OCH3 is 2. The lowest BCUT2D eigenvalue weighted by Crippen LogP contribution is -2.06. The molecule has 110 valence electrons. The molecule has 0 aliphatic rings. The Hall–Kier alpha value is -1.94. The molecule has 0 atom stereocenters. The summed E-state index contributed by atoms with van der Waals surface area (Å²) >= 11 is 1.53. The predicted octanol–water partition coefficient (Wildman–Crippen LogP) is 4.25. The van der Waals surface area contributed by atoms with Gasteiger partial charge in [-0.1, -0.05) is 29.5 Å². The fourth-order valence-electron chi connectivity index (χ4n) is 2.02. The Morgan fingerprint density at radius 3 is 2.29 bits per heavy atom. The van der Waals surface area contributed by atoms with Gasteiger partial charge in [0.25, 0.3) is 0 Å². The monoisotopic (exact) mass is 302 g/mol. The molecule has 21 heavy (non-hydrogen) atoms. The van der Waals surface area contributed by atoms with Crippen LogP contribution < -0.4 is 4.74 Å². The second-order valence-corrected chi connectivity index (χ2v) is 5.84. The van der Waals surface area contributed by atoms with Crippen molar-refractivity contribution in [3.05, 3.63) is 53.1 Å². The number of rotatable bonds is 4. The first-order valence-corrected chi connectivity index (χ1v) is 7.38. The van der Waals surface area contributed by atoms with Crippen LogP contribution in [0.15, 0.2) is 46.2 Å². The maximum absolute atomic E-state index is 12.0. The second-order valence-electron chi connectivity index (χ2n) is 4.72. The van der Waals surface area contributed by atoms with Gasteiger partial charge < -0.3 is 9.47 Å². The Balaban J connectivity index is 2.46. The molecular weight excluding hydrogens is 284 g/mol. The minimum Gasteiger partial charge on any atom is -0.497 e. The summed E-state index contributed by atoms with van der Waals surface area (Å²) in [7, 11) is 3.01. The average molecular weight is 302 g/mol. The number of ether oxygens (including phenoxy) is 2. The summed E-state index contributed by atoms with van der Waals surface area (Å²) < 4.78 is 10.2. The first-order valence-electron chi connectivity index (χ1n) is 6.56. The topological polar surface area (TPSA) is 35.5 Å². The lowest BCUT2D eigenvalue weighted by atomic mass is 10.1. The molecule has 0 fully saturated rings. The van der Waals surface area contributed by atoms with E-state index in [1.165, 1.54) is 24.4 Å². The van der Waals surface area contributed by atoms with E-state index in [4.69, 9.17) is 9.47 Å². The summed E-state index contributed by atoms with van der Waals surface area (Å²) in [5, 5.41) is 0. The molecule has 0 saturated carbocycles. The van der Waals surface area contributed by atoms with Crippen LogP contribution in [0.1, 0.15) is 21.5 Å². The minimum atomic E-state index is -0.329. The van der Waals surface area contributed by atoms with E-state index in [-0.39, 0.29) is 5.97 Å². The highest BCUT2D eigenvalue weighted by Crippen LogP contribution is 2.35. The first-order chi connectivity index (χ1) is 10.0. The van der Waals surface area contributed by atoms with E-state index in [2.05, 4.69) is 0 Å². The summed E-state index contributed by atoms with van der Waals surface area (Å²) in [5.74, 6) is 0.402. The summed E-state index contributed by atoms with van der Waals surface area (Å²) in [5.41, 5.74) is 2.63. The van der Waals surface area contributed by atoms with Gasteiger partial charge in [-0.2, -0.15) is 0 Å². The van der Waals surface area contributed by atoms with E-state index in [0.717, 1.165) is 21.1 Å². The third-order valence-electron chi connectivity index (χ3n) is 3.15. The maximum atomic E-state index is 12.0. The van der Waals surface area contributed by atoms with Gasteiger partial charge >= 0.3 is 5.97 Å². The summed E-state index contributed by atoms with van der Waals surface area (Å²) in [6.07, 6.45) is 0. The average Bonchev–Trinajstić information content (AvgIpc) is 2.48. The zero-order valence-corrected chi connectivity index (χ0v) is 13.4. The largest absolute Gasteiger partial charge is 0.497 e. The highest BCUT2D eigenvalue weighted by atomic mass is 32.2. The van der Waals surface area contributed by atoms with E-state index < -0.39 is 0 Å². The van der Waals surface area contributed by atoms with Crippen LogP contribution in [0.25, 0.3) is 0 Å². The molecule has 2 aromatic carbocycles. The Bertz CT molecular complexity index is 648. The first kappa shape index (κ1) is 15.4. The molecule has 0 radical (unpaired) electrons. The third-order valence-corrected chi connectivity index (χ3v) is 4.20. The van der Waals surface area contributed by atoms with Gasteiger partial charge in [0, 0.05) is 9.79 Å². The Labute approximate surface area is 129 Å². The zero-order chi connectivity index (χ0) is 15.4. The van der Waals surface area contributed by atoms with Gasteiger partial charge in [0.05, 0.1) is 19.8 Å². The van der Waals surface area contributed by atoms with E-state index >= 15 is 0 Å². The van der Waals surface area contributed by atoms with Crippen molar-refractivity contribution >= 4 is 17.7 Å². The van der Waals surface area contributed by atoms with Crippen molar-refractivity contribution in [1.29, 1.82) is 0 Å². The van der Waals surface area contributed by atoms with Crippen molar-refractivity contribution in [1.82, 2.24) is 0 Å². The second kappa shape index (κ2) is 6.68. The quantitative estimate of drug-likeness (QED) is 0.791. The Kier molecular flexibility index (Phi) is 4.91. The molecule has 0 saturated heterocycles. The van der Waals surface area contributed by atoms with Crippen molar-refractivity contribution in [3.63, 3.8) is 0 Å². The minimum absolute atomic E-state index is 0.329. The number of esters is 1. The molecule has 0 aliphatic heterocycles. The third kappa shape index (κ3) is 3.58. The Morgan fingerprint density at radius 2 is 1.71 bits per heavy atom. The lowest BCUT2D eigenvalue weighted by molar-refractivity contribution is 0.0596. The highest BCUT2D eigenvalue weighted by molar-refractivity contribution is 7.99. The van der Waals surface area contributed by atoms with Crippen LogP contribution in [0, 0.1) is 13.8 Å². The number of carbonyl (C=O) groups excluding carboxylic acids is 1. The van der Waals surface area contributed by atoms with Gasteiger partial charge in [0.2, 0.25) is 0 Å². The molecule has 0 spiro atoms. The van der Waals surface area contributed by atoms with Crippen LogP contribution in [0.2, 0.25) is 0 Å². The SMILES string of the molecule is COC(=O)c1c(C)cc(OC)cc1Sc1ccc(C)cc1. The van der Waals surface area contributed by atoms with Crippen LogP contribution in [-0.2, 0) is 4.74 Å². The number of hydrogen-bond donors (Lipinski definition) is 0. The number of carbonyl (C=O) groups is 1. The molecule has 0 N–H and O–H groups in total. The number of aryl methyl sites for hydroxylation is 2. The van der Waals surface area contributed by atoms with Crippen LogP contribution in [0.5, 0.6) is 5.75 Å². The fourth-order valence-corrected chi connectivity index (χ4v) is 3.07. The van der Waals surface area contributed by atoms with Crippen LogP contribution >= 0.6 is 11.8 Å². The van der Waals surface area contributed by atoms with Gasteiger partial charge in [0.15, 0.2) is 0 Å². The molecule has 0 amide bonds. The summed E-state index contributed by atoms with van der Waals surface area (Å²) in [6, 6.07) is 11.9. The molecule has 0 heterocycles. The highest BCUT2D eigenvalue weighted by Gasteiger charge is 2.17. The van der Waals surface area contributed by atoms with Gasteiger partial charge in [-0.05, 0) is 43.7 Å². The Morgan fingerprint density at radius 1 is 1.05 bits per heavy atom. The molecule has 0 unspecified atom stereocenters. The molecular formula is C17H18O3S. The molecule has 2 rings (SSSR count). The van der Waals surface area contributed by atoms with Crippen molar-refractivity contribution < 1.29 is 14.3 Å². The van der Waals surface area contributed by atoms with Crippen LogP contribution in [0.4, 0.5) is 0 Å². The number of hydrogen-bond acceptors (Lipinski definition) is 4. The standard InChI is InChI=1S/C17H18O3S/c1-11-5-7-14(8-6-11)21-15-10-13(19-3)9-12(2)16(15)17(18)20-4/h5-10H,1-4H3. The zero-order valence-electron chi connectivity index (χ0n) is 12.6. The lowest BCUT2D eigenvalue weighted by Gasteiger charge is -2.13. The van der Waals surface area contributed by atoms with E-state index in [1.54, 1.807) is 7.11 Å². The maximum Gasteiger partial charge on any atom is 0.339 e. The number of benzene rings is 2. The molecule has 3 nitrogen and oxygen atoms in total. The van der Waals surface area contributed by atoms with Crippen molar-refractivity contribution in [3.8, 4) is 5.75 Å². The summed E-state index contributed by atoms with van der Waals surface area (Å²) in [6.45, 7) is 3.93. The fraction of sp³-hybridized carbons (Fsp3) is 0.235. The molecule has 0 bridgehead atoms. The van der Waals surface area contributed by atoms with E-state index in [1.807, 2.05) is 50.2 Å². The van der Waals surface area contributed by atoms with Gasteiger partial charge in [-0.3, -0.25) is 0 Å². The normalized spacial score (nSPS) is 10.3. The molecule has 0 aliphatic carbocycles. The van der Waals surface area contributed by atoms with Crippen LogP contribution in [-0.4, -0.2) is 20.2 Å². The van der Waals surface area contributed by atoms with Crippen LogP contribution in [0.3, 0.4) is 0 Å². The van der Waals surface area contributed by atoms with Crippen molar-refractivity contribution in [2.75, 3.05) is 14.2 Å². The van der Waals surface area contributed by atoms with E-state index in [9.17, 15) is 4.79 Å². The van der Waals surface area contributed by atoms with Gasteiger partial charge in [-0.25, -0.2) is 4.79 Å². The summed E-state index contributed by atoms with van der Waals surface area (Å²) in [4.78, 5) is 13.9. The van der Waals surface area contributed by atoms with Gasteiger partial charge in [0.1, 0.15) is 5.75 Å². The molecule has 4 heteroatoms.